The van der Waals surface area contributed by atoms with Crippen LogP contribution in [-0.2, 0) is 10.0 Å². The highest BCUT2D eigenvalue weighted by atomic mass is 32.2. The summed E-state index contributed by atoms with van der Waals surface area (Å²) < 4.78 is 48.7. The number of benzene rings is 1. The summed E-state index contributed by atoms with van der Waals surface area (Å²) in [5, 5.41) is 8.75. The molecule has 0 aromatic heterocycles. The van der Waals surface area contributed by atoms with Crippen molar-refractivity contribution in [2.75, 3.05) is 34.4 Å². The molecule has 0 fully saturated rings. The normalized spacial score (nSPS) is 11.7. The molecule has 0 heterocycles. The monoisotopic (exact) mass is 293 g/mol. The molecule has 6 nitrogen and oxygen atoms in total. The Kier molecular flexibility index (Phi) is 5.10. The predicted octanol–water partition coefficient (Wildman–Crippen LogP) is 0.456. The standard InChI is InChI=1S/C11H16FNO5S/c1-13(4-5-14)19(15,16)11-7-10(18-3)9(17-2)6-8(11)12/h6-7,14H,4-5H2,1-3H3. The van der Waals surface area contributed by atoms with Gasteiger partial charge in [-0.25, -0.2) is 12.8 Å². The third-order valence-electron chi connectivity index (χ3n) is 2.54. The molecule has 0 bridgehead atoms. The molecule has 0 aliphatic heterocycles. The van der Waals surface area contributed by atoms with E-state index in [2.05, 4.69) is 0 Å². The zero-order valence-electron chi connectivity index (χ0n) is 10.9. The molecule has 0 unspecified atom stereocenters. The zero-order chi connectivity index (χ0) is 14.6. The van der Waals surface area contributed by atoms with E-state index in [1.807, 2.05) is 0 Å². The molecule has 1 rings (SSSR count). The van der Waals surface area contributed by atoms with Gasteiger partial charge in [0.25, 0.3) is 0 Å². The van der Waals surface area contributed by atoms with Crippen LogP contribution in [0.3, 0.4) is 0 Å². The Hall–Kier alpha value is -1.38. The van der Waals surface area contributed by atoms with Gasteiger partial charge in [-0.05, 0) is 0 Å². The average molecular weight is 293 g/mol. The zero-order valence-corrected chi connectivity index (χ0v) is 11.7. The number of hydrogen-bond donors (Lipinski definition) is 1. The second-order valence-corrected chi connectivity index (χ2v) is 5.70. The number of hydrogen-bond acceptors (Lipinski definition) is 5. The maximum atomic E-state index is 13.8. The van der Waals surface area contributed by atoms with E-state index < -0.39 is 20.7 Å². The molecule has 0 atom stereocenters. The number of sulfonamides is 1. The van der Waals surface area contributed by atoms with E-state index in [1.54, 1.807) is 0 Å². The van der Waals surface area contributed by atoms with Crippen molar-refractivity contribution in [1.82, 2.24) is 4.31 Å². The Balaban J connectivity index is 3.35. The van der Waals surface area contributed by atoms with Crippen LogP contribution < -0.4 is 9.47 Å². The van der Waals surface area contributed by atoms with Crippen LogP contribution in [0.2, 0.25) is 0 Å². The van der Waals surface area contributed by atoms with Gasteiger partial charge in [0.2, 0.25) is 10.0 Å². The predicted molar refractivity (Wildman–Crippen MR) is 66.4 cm³/mol. The van der Waals surface area contributed by atoms with Gasteiger partial charge in [-0.3, -0.25) is 0 Å². The van der Waals surface area contributed by atoms with Crippen molar-refractivity contribution in [3.05, 3.63) is 17.9 Å². The molecular formula is C11H16FNO5S. The molecule has 0 saturated carbocycles. The molecule has 8 heteroatoms. The summed E-state index contributed by atoms with van der Waals surface area (Å²) >= 11 is 0. The highest BCUT2D eigenvalue weighted by Gasteiger charge is 2.26. The van der Waals surface area contributed by atoms with E-state index in [9.17, 15) is 12.8 Å². The second kappa shape index (κ2) is 6.18. The van der Waals surface area contributed by atoms with Crippen LogP contribution >= 0.6 is 0 Å². The summed E-state index contributed by atoms with van der Waals surface area (Å²) in [6.45, 7) is -0.485. The van der Waals surface area contributed by atoms with Crippen molar-refractivity contribution in [2.24, 2.45) is 0 Å². The van der Waals surface area contributed by atoms with Crippen molar-refractivity contribution in [1.29, 1.82) is 0 Å². The summed E-state index contributed by atoms with van der Waals surface area (Å²) in [6.07, 6.45) is 0. The molecule has 0 aliphatic carbocycles. The van der Waals surface area contributed by atoms with Crippen LogP contribution in [0.15, 0.2) is 17.0 Å². The number of ether oxygens (including phenoxy) is 2. The maximum absolute atomic E-state index is 13.8. The minimum absolute atomic E-state index is 0.101. The summed E-state index contributed by atoms with van der Waals surface area (Å²) in [4.78, 5) is -0.527. The Bertz CT molecular complexity index is 546. The first-order valence-electron chi connectivity index (χ1n) is 5.37. The molecule has 108 valence electrons. The van der Waals surface area contributed by atoms with Gasteiger partial charge < -0.3 is 14.6 Å². The van der Waals surface area contributed by atoms with Crippen molar-refractivity contribution in [2.45, 2.75) is 4.90 Å². The molecule has 1 N–H and O–H groups in total. The molecule has 1 aromatic rings. The molecule has 1 aromatic carbocycles. The summed E-state index contributed by atoms with van der Waals surface area (Å²) in [5.74, 6) is -0.730. The van der Waals surface area contributed by atoms with E-state index in [0.29, 0.717) is 0 Å². The van der Waals surface area contributed by atoms with Gasteiger partial charge >= 0.3 is 0 Å². The van der Waals surface area contributed by atoms with Gasteiger partial charge in [-0.1, -0.05) is 0 Å². The lowest BCUT2D eigenvalue weighted by Gasteiger charge is -2.17. The van der Waals surface area contributed by atoms with E-state index in [0.717, 1.165) is 16.4 Å². The maximum Gasteiger partial charge on any atom is 0.245 e. The summed E-state index contributed by atoms with van der Waals surface area (Å²) in [5.41, 5.74) is 0. The van der Waals surface area contributed by atoms with Crippen LogP contribution in [0.25, 0.3) is 0 Å². The van der Waals surface area contributed by atoms with E-state index >= 15 is 0 Å². The second-order valence-electron chi connectivity index (χ2n) is 3.69. The van der Waals surface area contributed by atoms with Gasteiger partial charge in [-0.15, -0.1) is 0 Å². The van der Waals surface area contributed by atoms with Crippen LogP contribution in [0.4, 0.5) is 4.39 Å². The topological polar surface area (TPSA) is 76.1 Å². The Labute approximate surface area is 111 Å². The lowest BCUT2D eigenvalue weighted by atomic mass is 10.3. The molecule has 0 aliphatic rings. The number of likely N-dealkylation sites (N-methyl/N-ethyl adjacent to an activating group) is 1. The van der Waals surface area contributed by atoms with Crippen LogP contribution in [0, 0.1) is 5.82 Å². The first-order valence-corrected chi connectivity index (χ1v) is 6.81. The highest BCUT2D eigenvalue weighted by molar-refractivity contribution is 7.89. The Morgan fingerprint density at radius 3 is 2.26 bits per heavy atom. The van der Waals surface area contributed by atoms with Gasteiger partial charge in [0, 0.05) is 25.7 Å². The third kappa shape index (κ3) is 3.14. The first-order chi connectivity index (χ1) is 8.88. The number of rotatable bonds is 6. The van der Waals surface area contributed by atoms with Gasteiger partial charge in [0.15, 0.2) is 11.5 Å². The van der Waals surface area contributed by atoms with Gasteiger partial charge in [0.1, 0.15) is 10.7 Å². The van der Waals surface area contributed by atoms with Crippen molar-refractivity contribution >= 4 is 10.0 Å². The fraction of sp³-hybridized carbons (Fsp3) is 0.455. The van der Waals surface area contributed by atoms with Crippen LogP contribution in [0.1, 0.15) is 0 Å². The molecule has 0 amide bonds. The SMILES string of the molecule is COc1cc(F)c(S(=O)(=O)N(C)CCO)cc1OC. The smallest absolute Gasteiger partial charge is 0.245 e. The van der Waals surface area contributed by atoms with Gasteiger partial charge in [-0.2, -0.15) is 4.31 Å². The summed E-state index contributed by atoms with van der Waals surface area (Å²) in [7, 11) is -0.129. The average Bonchev–Trinajstić information content (AvgIpc) is 2.38. The number of aliphatic hydroxyl groups is 1. The molecule has 19 heavy (non-hydrogen) atoms. The Morgan fingerprint density at radius 1 is 1.26 bits per heavy atom. The number of methoxy groups -OCH3 is 2. The quantitative estimate of drug-likeness (QED) is 0.824. The number of halogens is 1. The van der Waals surface area contributed by atoms with Crippen LogP contribution in [-0.4, -0.2) is 52.2 Å². The lowest BCUT2D eigenvalue weighted by Crippen LogP contribution is -2.30. The third-order valence-corrected chi connectivity index (χ3v) is 4.41. The van der Waals surface area contributed by atoms with Crippen molar-refractivity contribution in [3.8, 4) is 11.5 Å². The Morgan fingerprint density at radius 2 is 1.79 bits per heavy atom. The van der Waals surface area contributed by atoms with E-state index in [4.69, 9.17) is 14.6 Å². The van der Waals surface area contributed by atoms with Crippen molar-refractivity contribution < 1.29 is 27.4 Å². The van der Waals surface area contributed by atoms with E-state index in [-0.39, 0.29) is 24.7 Å². The van der Waals surface area contributed by atoms with Crippen molar-refractivity contribution in [3.63, 3.8) is 0 Å². The molecule has 0 spiro atoms. The minimum atomic E-state index is -4.03. The fourth-order valence-corrected chi connectivity index (χ4v) is 2.68. The first kappa shape index (κ1) is 15.7. The number of aliphatic hydroxyl groups excluding tert-OH is 1. The largest absolute Gasteiger partial charge is 0.493 e. The van der Waals surface area contributed by atoms with Gasteiger partial charge in [0.05, 0.1) is 20.8 Å². The number of nitrogens with zero attached hydrogens (tertiary/aromatic N) is 1. The van der Waals surface area contributed by atoms with Crippen LogP contribution in [0.5, 0.6) is 11.5 Å². The molecule has 0 saturated heterocycles. The minimum Gasteiger partial charge on any atom is -0.493 e. The summed E-state index contributed by atoms with van der Waals surface area (Å²) in [6, 6.07) is 2.00. The molecule has 0 radical (unpaired) electrons. The van der Waals surface area contributed by atoms with E-state index in [1.165, 1.54) is 21.3 Å². The molecular weight excluding hydrogens is 277 g/mol. The lowest BCUT2D eigenvalue weighted by molar-refractivity contribution is 0.266. The fourth-order valence-electron chi connectivity index (χ4n) is 1.46. The highest BCUT2D eigenvalue weighted by Crippen LogP contribution is 2.32.